The van der Waals surface area contributed by atoms with Gasteiger partial charge in [-0.3, -0.25) is 4.79 Å². The maximum atomic E-state index is 14.9. The molecule has 9 nitrogen and oxygen atoms in total. The highest BCUT2D eigenvalue weighted by molar-refractivity contribution is 7.90. The lowest BCUT2D eigenvalue weighted by atomic mass is 9.93. The molecule has 0 spiro atoms. The van der Waals surface area contributed by atoms with Gasteiger partial charge < -0.3 is 14.5 Å². The van der Waals surface area contributed by atoms with Crippen LogP contribution in [0.2, 0.25) is 0 Å². The predicted molar refractivity (Wildman–Crippen MR) is 184 cm³/mol. The van der Waals surface area contributed by atoms with E-state index in [2.05, 4.69) is 6.07 Å². The number of rotatable bonds is 8. The number of methoxy groups -OCH3 is 1. The molecule has 1 aliphatic heterocycles. The smallest absolute Gasteiger partial charge is 0.331 e. The Morgan fingerprint density at radius 1 is 1.06 bits per heavy atom. The standard InChI is InChI=1S/C36H33FN4O5S2/c1-22-9-12-27(13-10-22)48(44,45)41-30-14-11-25(37)18-29(30)32(28-15-16-47-31(28)19-38)33(41)23-7-6-8-26(17-23)40-20-24(21-40)34(42)39(4)36(2,3)35(43)46-5/h6-18,24H,20-21H2,1-5H3. The van der Waals surface area contributed by atoms with Crippen LogP contribution in [0.25, 0.3) is 33.3 Å². The predicted octanol–water partition coefficient (Wildman–Crippen LogP) is 6.44. The summed E-state index contributed by atoms with van der Waals surface area (Å²) < 4.78 is 50.0. The van der Waals surface area contributed by atoms with Crippen molar-refractivity contribution < 1.29 is 27.1 Å². The number of benzene rings is 3. The van der Waals surface area contributed by atoms with Crippen LogP contribution in [0.1, 0.15) is 24.3 Å². The number of aryl methyl sites for hydroxylation is 1. The van der Waals surface area contributed by atoms with Gasteiger partial charge in [-0.1, -0.05) is 29.8 Å². The molecule has 1 amide bonds. The highest BCUT2D eigenvalue weighted by Crippen LogP contribution is 2.46. The van der Waals surface area contributed by atoms with Gasteiger partial charge in [-0.15, -0.1) is 11.3 Å². The number of carbonyl (C=O) groups excluding carboxylic acids is 2. The lowest BCUT2D eigenvalue weighted by Gasteiger charge is -2.44. The number of anilines is 1. The molecule has 3 aromatic carbocycles. The fourth-order valence-corrected chi connectivity index (χ4v) is 8.29. The van der Waals surface area contributed by atoms with Gasteiger partial charge in [0.1, 0.15) is 22.3 Å². The zero-order valence-electron chi connectivity index (χ0n) is 27.0. The molecule has 0 saturated carbocycles. The largest absolute Gasteiger partial charge is 0.467 e. The lowest BCUT2D eigenvalue weighted by molar-refractivity contribution is -0.159. The van der Waals surface area contributed by atoms with E-state index in [1.807, 2.05) is 24.0 Å². The molecule has 246 valence electrons. The van der Waals surface area contributed by atoms with E-state index in [1.54, 1.807) is 68.7 Å². The van der Waals surface area contributed by atoms with Crippen LogP contribution in [0.15, 0.2) is 83.1 Å². The zero-order valence-corrected chi connectivity index (χ0v) is 28.7. The Bertz CT molecular complexity index is 2230. The van der Waals surface area contributed by atoms with Crippen molar-refractivity contribution in [1.29, 1.82) is 5.26 Å². The van der Waals surface area contributed by atoms with Crippen molar-refractivity contribution in [3.8, 4) is 28.5 Å². The van der Waals surface area contributed by atoms with Crippen LogP contribution in [0.5, 0.6) is 0 Å². The SMILES string of the molecule is COC(=O)C(C)(C)N(C)C(=O)C1CN(c2cccc(-c3c(-c4ccsc4C#N)c4cc(F)ccc4n3S(=O)(=O)c3ccc(C)cc3)c2)C1. The molecule has 0 bridgehead atoms. The molecule has 0 aliphatic carbocycles. The summed E-state index contributed by atoms with van der Waals surface area (Å²) in [5.74, 6) is -1.61. The molecule has 12 heteroatoms. The van der Waals surface area contributed by atoms with Gasteiger partial charge in [0, 0.05) is 47.9 Å². The van der Waals surface area contributed by atoms with Gasteiger partial charge in [0.15, 0.2) is 0 Å². The van der Waals surface area contributed by atoms with Crippen molar-refractivity contribution in [2.45, 2.75) is 31.2 Å². The Kier molecular flexibility index (Phi) is 8.39. The van der Waals surface area contributed by atoms with E-state index in [0.717, 1.165) is 11.3 Å². The summed E-state index contributed by atoms with van der Waals surface area (Å²) >= 11 is 1.22. The molecular weight excluding hydrogens is 652 g/mol. The number of aromatic nitrogens is 1. The Labute approximate surface area is 282 Å². The highest BCUT2D eigenvalue weighted by Gasteiger charge is 2.42. The summed E-state index contributed by atoms with van der Waals surface area (Å²) in [6, 6.07) is 21.8. The highest BCUT2D eigenvalue weighted by atomic mass is 32.2. The van der Waals surface area contributed by atoms with E-state index in [-0.39, 0.29) is 22.2 Å². The van der Waals surface area contributed by atoms with E-state index < -0.39 is 27.3 Å². The molecule has 0 radical (unpaired) electrons. The number of likely N-dealkylation sites (N-methyl/N-ethyl adjacent to an activating group) is 1. The van der Waals surface area contributed by atoms with Crippen molar-refractivity contribution in [2.75, 3.05) is 32.1 Å². The number of amides is 1. The Balaban J connectivity index is 1.49. The third kappa shape index (κ3) is 5.42. The minimum absolute atomic E-state index is 0.0622. The number of nitrogens with zero attached hydrogens (tertiary/aromatic N) is 4. The van der Waals surface area contributed by atoms with E-state index in [9.17, 15) is 27.7 Å². The minimum Gasteiger partial charge on any atom is -0.467 e. The molecule has 6 rings (SSSR count). The number of ether oxygens (including phenoxy) is 1. The third-order valence-corrected chi connectivity index (χ3v) is 11.6. The first-order valence-corrected chi connectivity index (χ1v) is 17.5. The maximum Gasteiger partial charge on any atom is 0.331 e. The molecule has 0 N–H and O–H groups in total. The second kappa shape index (κ2) is 12.2. The number of nitriles is 1. The van der Waals surface area contributed by atoms with Crippen molar-refractivity contribution in [1.82, 2.24) is 8.87 Å². The second-order valence-corrected chi connectivity index (χ2v) is 15.0. The molecular formula is C36H33FN4O5S2. The number of esters is 1. The third-order valence-electron chi connectivity index (χ3n) is 9.05. The fourth-order valence-electron chi connectivity index (χ4n) is 6.06. The quantitative estimate of drug-likeness (QED) is 0.173. The fraction of sp³-hybridized carbons (Fsp3) is 0.250. The normalized spacial score (nSPS) is 13.6. The second-order valence-electron chi connectivity index (χ2n) is 12.3. The van der Waals surface area contributed by atoms with E-state index >= 15 is 0 Å². The average Bonchev–Trinajstić information content (AvgIpc) is 3.65. The van der Waals surface area contributed by atoms with Gasteiger partial charge >= 0.3 is 5.97 Å². The molecule has 1 aliphatic rings. The van der Waals surface area contributed by atoms with Crippen molar-refractivity contribution in [3.63, 3.8) is 0 Å². The maximum absolute atomic E-state index is 14.9. The average molecular weight is 685 g/mol. The first-order chi connectivity index (χ1) is 22.8. The molecule has 3 heterocycles. The lowest BCUT2D eigenvalue weighted by Crippen LogP contribution is -2.59. The molecule has 1 fully saturated rings. The minimum atomic E-state index is -4.23. The molecule has 5 aromatic rings. The van der Waals surface area contributed by atoms with Crippen LogP contribution >= 0.6 is 11.3 Å². The summed E-state index contributed by atoms with van der Waals surface area (Å²) in [4.78, 5) is 29.4. The Hall–Kier alpha value is -4.99. The van der Waals surface area contributed by atoms with E-state index in [0.29, 0.717) is 45.7 Å². The number of fused-ring (bicyclic) bond motifs is 1. The van der Waals surface area contributed by atoms with Gasteiger partial charge in [0.05, 0.1) is 29.1 Å². The summed E-state index contributed by atoms with van der Waals surface area (Å²) in [6.45, 7) is 5.90. The molecule has 1 saturated heterocycles. The van der Waals surface area contributed by atoms with Crippen LogP contribution in [0.4, 0.5) is 10.1 Å². The number of halogens is 1. The summed E-state index contributed by atoms with van der Waals surface area (Å²) in [6.07, 6.45) is 0. The van der Waals surface area contributed by atoms with Crippen LogP contribution < -0.4 is 4.90 Å². The first kappa shape index (κ1) is 32.9. The number of hydrogen-bond acceptors (Lipinski definition) is 8. The molecule has 0 unspecified atom stereocenters. The zero-order chi connectivity index (χ0) is 34.5. The van der Waals surface area contributed by atoms with Crippen LogP contribution in [-0.2, 0) is 24.3 Å². The van der Waals surface area contributed by atoms with Crippen molar-refractivity contribution >= 4 is 49.8 Å². The molecule has 0 atom stereocenters. The van der Waals surface area contributed by atoms with E-state index in [1.165, 1.54) is 45.5 Å². The number of thiophene rings is 1. The van der Waals surface area contributed by atoms with Gasteiger partial charge in [0.25, 0.3) is 10.0 Å². The van der Waals surface area contributed by atoms with Crippen molar-refractivity contribution in [2.24, 2.45) is 5.92 Å². The monoisotopic (exact) mass is 684 g/mol. The van der Waals surface area contributed by atoms with E-state index in [4.69, 9.17) is 4.74 Å². The van der Waals surface area contributed by atoms with Crippen LogP contribution in [0, 0.1) is 30.0 Å². The Morgan fingerprint density at radius 3 is 2.44 bits per heavy atom. The summed E-state index contributed by atoms with van der Waals surface area (Å²) in [5, 5.41) is 12.1. The van der Waals surface area contributed by atoms with Crippen LogP contribution in [-0.4, -0.2) is 62.0 Å². The molecule has 2 aromatic heterocycles. The van der Waals surface area contributed by atoms with Gasteiger partial charge in [-0.25, -0.2) is 21.6 Å². The topological polar surface area (TPSA) is 113 Å². The number of carbonyl (C=O) groups is 2. The molecule has 48 heavy (non-hydrogen) atoms. The van der Waals surface area contributed by atoms with Crippen LogP contribution in [0.3, 0.4) is 0 Å². The summed E-state index contributed by atoms with van der Waals surface area (Å²) in [7, 11) is -1.36. The van der Waals surface area contributed by atoms with Crippen molar-refractivity contribution in [3.05, 3.63) is 94.4 Å². The van der Waals surface area contributed by atoms with Gasteiger partial charge in [-0.05, 0) is 74.7 Å². The first-order valence-electron chi connectivity index (χ1n) is 15.1. The van der Waals surface area contributed by atoms with Gasteiger partial charge in [-0.2, -0.15) is 5.26 Å². The Morgan fingerprint density at radius 2 is 1.77 bits per heavy atom. The van der Waals surface area contributed by atoms with Gasteiger partial charge in [0.2, 0.25) is 5.91 Å². The summed E-state index contributed by atoms with van der Waals surface area (Å²) in [5.41, 5.74) is 2.53. The number of hydrogen-bond donors (Lipinski definition) is 0.